The molecule has 0 bridgehead atoms. The molecule has 0 unspecified atom stereocenters. The summed E-state index contributed by atoms with van der Waals surface area (Å²) in [5.74, 6) is 1.44. The highest BCUT2D eigenvalue weighted by molar-refractivity contribution is 5.78. The van der Waals surface area contributed by atoms with Crippen molar-refractivity contribution in [3.05, 3.63) is 48.3 Å². The van der Waals surface area contributed by atoms with Gasteiger partial charge in [-0.05, 0) is 31.8 Å². The fourth-order valence-electron chi connectivity index (χ4n) is 2.75. The molecule has 24 heavy (non-hydrogen) atoms. The first-order valence-corrected chi connectivity index (χ1v) is 8.64. The Morgan fingerprint density at radius 1 is 1.46 bits per heavy atom. The van der Waals surface area contributed by atoms with Crippen molar-refractivity contribution in [1.82, 2.24) is 15.0 Å². The van der Waals surface area contributed by atoms with E-state index in [1.165, 1.54) is 0 Å². The third kappa shape index (κ3) is 5.48. The molecule has 1 aliphatic rings. The maximum absolute atomic E-state index is 5.46. The molecule has 1 atom stereocenters. The van der Waals surface area contributed by atoms with Gasteiger partial charge in [0.15, 0.2) is 5.82 Å². The smallest absolute Gasteiger partial charge is 0.249 e. The van der Waals surface area contributed by atoms with Gasteiger partial charge in [-0.1, -0.05) is 44.3 Å². The highest BCUT2D eigenvalue weighted by Gasteiger charge is 2.30. The molecule has 1 aliphatic heterocycles. The molecule has 5 nitrogen and oxygen atoms in total. The van der Waals surface area contributed by atoms with Crippen molar-refractivity contribution in [2.24, 2.45) is 4.99 Å². The van der Waals surface area contributed by atoms with E-state index in [0.29, 0.717) is 5.89 Å². The minimum absolute atomic E-state index is 0.180. The summed E-state index contributed by atoms with van der Waals surface area (Å²) in [4.78, 5) is 10.8. The van der Waals surface area contributed by atoms with E-state index in [-0.39, 0.29) is 6.04 Å². The molecule has 5 heteroatoms. The lowest BCUT2D eigenvalue weighted by atomic mass is 10.1. The molecule has 0 spiro atoms. The summed E-state index contributed by atoms with van der Waals surface area (Å²) >= 11 is 0. The second-order valence-corrected chi connectivity index (χ2v) is 5.50. The van der Waals surface area contributed by atoms with Crippen LogP contribution in [0.4, 0.5) is 0 Å². The first-order valence-electron chi connectivity index (χ1n) is 8.64. The molecule has 0 saturated carbocycles. The Morgan fingerprint density at radius 3 is 2.83 bits per heavy atom. The summed E-state index contributed by atoms with van der Waals surface area (Å²) < 4.78 is 5.46. The van der Waals surface area contributed by atoms with Gasteiger partial charge in [-0.15, -0.1) is 0 Å². The van der Waals surface area contributed by atoms with Gasteiger partial charge in [0.05, 0.1) is 0 Å². The van der Waals surface area contributed by atoms with Crippen LogP contribution in [0, 0.1) is 0 Å². The van der Waals surface area contributed by atoms with Crippen molar-refractivity contribution in [2.45, 2.75) is 52.5 Å². The van der Waals surface area contributed by atoms with Gasteiger partial charge in [0, 0.05) is 31.9 Å². The van der Waals surface area contributed by atoms with E-state index >= 15 is 0 Å². The molecule has 1 saturated heterocycles. The minimum atomic E-state index is 0.180. The topological polar surface area (TPSA) is 54.5 Å². The standard InChI is InChI=1S/C17H24N4O.C2H6/c1-5-7-14(12-18-4)9-10-16-19-17(22-20-16)15-8-6-11-21(15)13(2)3;1-2/h5,7,12,15H,1-2,6,8-11H2,3-4H3;1-2H3/b14-7-,18-12?;/t15-;/m0./s1. The van der Waals surface area contributed by atoms with Crippen molar-refractivity contribution in [3.8, 4) is 0 Å². The van der Waals surface area contributed by atoms with Crippen molar-refractivity contribution >= 4 is 6.21 Å². The first-order chi connectivity index (χ1) is 11.7. The summed E-state index contributed by atoms with van der Waals surface area (Å²) in [6.07, 6.45) is 9.28. The number of nitrogens with zero attached hydrogens (tertiary/aromatic N) is 4. The summed E-state index contributed by atoms with van der Waals surface area (Å²) in [6, 6.07) is 0.180. The second-order valence-electron chi connectivity index (χ2n) is 5.50. The number of allylic oxidation sites excluding steroid dienone is 4. The Hall–Kier alpha value is -2.17. The van der Waals surface area contributed by atoms with Crippen LogP contribution in [0.15, 0.2) is 46.1 Å². The zero-order valence-corrected chi connectivity index (χ0v) is 15.5. The third-order valence-electron chi connectivity index (χ3n) is 3.78. The van der Waals surface area contributed by atoms with E-state index in [4.69, 9.17) is 4.52 Å². The fraction of sp³-hybridized carbons (Fsp3) is 0.526. The number of hydrogen-bond donors (Lipinski definition) is 0. The molecule has 1 fully saturated rings. The van der Waals surface area contributed by atoms with Gasteiger partial charge in [0.1, 0.15) is 6.04 Å². The van der Waals surface area contributed by atoms with E-state index in [2.05, 4.69) is 33.2 Å². The predicted octanol–water partition coefficient (Wildman–Crippen LogP) is 4.51. The Kier molecular flexibility index (Phi) is 8.76. The monoisotopic (exact) mass is 330 g/mol. The molecule has 2 heterocycles. The van der Waals surface area contributed by atoms with Crippen molar-refractivity contribution in [2.75, 3.05) is 13.6 Å². The molecule has 132 valence electrons. The maximum Gasteiger partial charge on any atom is 0.249 e. The lowest BCUT2D eigenvalue weighted by Gasteiger charge is -2.23. The number of hydrogen-bond acceptors (Lipinski definition) is 5. The third-order valence-corrected chi connectivity index (χ3v) is 3.78. The van der Waals surface area contributed by atoms with Gasteiger partial charge >= 0.3 is 0 Å². The second kappa shape index (κ2) is 10.6. The van der Waals surface area contributed by atoms with Crippen LogP contribution in [-0.2, 0) is 6.42 Å². The van der Waals surface area contributed by atoms with E-state index in [0.717, 1.165) is 49.3 Å². The van der Waals surface area contributed by atoms with Gasteiger partial charge < -0.3 is 9.42 Å². The quantitative estimate of drug-likeness (QED) is 0.545. The van der Waals surface area contributed by atoms with E-state index < -0.39 is 0 Å². The van der Waals surface area contributed by atoms with E-state index in [1.807, 2.05) is 33.1 Å². The number of aryl methyl sites for hydroxylation is 1. The molecule has 1 aromatic heterocycles. The van der Waals surface area contributed by atoms with Gasteiger partial charge in [0.25, 0.3) is 0 Å². The Balaban J connectivity index is 0.00000139. The molecular weight excluding hydrogens is 300 g/mol. The van der Waals surface area contributed by atoms with Crippen LogP contribution in [0.1, 0.15) is 57.8 Å². The Labute approximate surface area is 145 Å². The zero-order chi connectivity index (χ0) is 17.9. The van der Waals surface area contributed by atoms with E-state index in [9.17, 15) is 0 Å². The van der Waals surface area contributed by atoms with Gasteiger partial charge in [-0.3, -0.25) is 4.99 Å². The molecule has 0 aliphatic carbocycles. The predicted molar refractivity (Wildman–Crippen MR) is 100 cm³/mol. The maximum atomic E-state index is 5.46. The van der Waals surface area contributed by atoms with Crippen LogP contribution >= 0.6 is 0 Å². The number of rotatable bonds is 7. The van der Waals surface area contributed by atoms with Gasteiger partial charge in [-0.2, -0.15) is 4.98 Å². The SMILES string of the molecule is C=C/C=C(\C=NC)CCc1noc([C@@H]2CCCN2C(=C)C)n1.CC. The molecule has 1 aromatic rings. The summed E-state index contributed by atoms with van der Waals surface area (Å²) in [7, 11) is 1.76. The average Bonchev–Trinajstić information content (AvgIpc) is 3.23. The van der Waals surface area contributed by atoms with E-state index in [1.54, 1.807) is 13.1 Å². The molecule has 0 aromatic carbocycles. The highest BCUT2D eigenvalue weighted by atomic mass is 16.5. The summed E-state index contributed by atoms with van der Waals surface area (Å²) in [5.41, 5.74) is 2.16. The molecule has 0 N–H and O–H groups in total. The minimum Gasteiger partial charge on any atom is -0.364 e. The van der Waals surface area contributed by atoms with Gasteiger partial charge in [-0.25, -0.2) is 0 Å². The molecular formula is C19H30N4O. The van der Waals surface area contributed by atoms with Crippen LogP contribution in [-0.4, -0.2) is 34.8 Å². The Bertz CT molecular complexity index is 586. The van der Waals surface area contributed by atoms with Crippen molar-refractivity contribution in [1.29, 1.82) is 0 Å². The fourth-order valence-corrected chi connectivity index (χ4v) is 2.75. The summed E-state index contributed by atoms with van der Waals surface area (Å²) in [5, 5.41) is 4.11. The normalized spacial score (nSPS) is 17.8. The Morgan fingerprint density at radius 2 is 2.21 bits per heavy atom. The van der Waals surface area contributed by atoms with Crippen LogP contribution in [0.25, 0.3) is 0 Å². The number of aromatic nitrogens is 2. The lowest BCUT2D eigenvalue weighted by Crippen LogP contribution is -2.20. The zero-order valence-electron chi connectivity index (χ0n) is 15.5. The largest absolute Gasteiger partial charge is 0.364 e. The lowest BCUT2D eigenvalue weighted by molar-refractivity contribution is 0.251. The van der Waals surface area contributed by atoms with Crippen LogP contribution in [0.2, 0.25) is 0 Å². The van der Waals surface area contributed by atoms with Crippen LogP contribution in [0.5, 0.6) is 0 Å². The van der Waals surface area contributed by atoms with Crippen molar-refractivity contribution < 1.29 is 4.52 Å². The van der Waals surface area contributed by atoms with Crippen molar-refractivity contribution in [3.63, 3.8) is 0 Å². The molecule has 0 radical (unpaired) electrons. The van der Waals surface area contributed by atoms with Crippen LogP contribution < -0.4 is 0 Å². The van der Waals surface area contributed by atoms with Crippen LogP contribution in [0.3, 0.4) is 0 Å². The average molecular weight is 330 g/mol. The number of likely N-dealkylation sites (tertiary alicyclic amines) is 1. The first kappa shape index (κ1) is 19.9. The van der Waals surface area contributed by atoms with Gasteiger partial charge in [0.2, 0.25) is 5.89 Å². The highest BCUT2D eigenvalue weighted by Crippen LogP contribution is 2.33. The molecule has 0 amide bonds. The number of aliphatic imine (C=N–C) groups is 1. The summed E-state index contributed by atoms with van der Waals surface area (Å²) in [6.45, 7) is 14.8. The molecule has 2 rings (SSSR count).